The molecule has 0 unspecified atom stereocenters. The lowest BCUT2D eigenvalue weighted by atomic mass is 10.3. The fraction of sp³-hybridized carbons (Fsp3) is 0.333. The number of piperazine rings is 1. The van der Waals surface area contributed by atoms with E-state index in [0.29, 0.717) is 18.8 Å². The van der Waals surface area contributed by atoms with Gasteiger partial charge in [0.05, 0.1) is 0 Å². The van der Waals surface area contributed by atoms with Crippen molar-refractivity contribution in [1.29, 1.82) is 0 Å². The Labute approximate surface area is 137 Å². The van der Waals surface area contributed by atoms with Gasteiger partial charge < -0.3 is 9.80 Å². The van der Waals surface area contributed by atoms with E-state index in [4.69, 9.17) is 0 Å². The minimum absolute atomic E-state index is 0.00724. The van der Waals surface area contributed by atoms with E-state index < -0.39 is 0 Å². The van der Waals surface area contributed by atoms with Crippen LogP contribution in [0.5, 0.6) is 0 Å². The monoisotopic (exact) mass is 328 g/mol. The molecule has 1 saturated heterocycles. The predicted octanol–water partition coefficient (Wildman–Crippen LogP) is 1.46. The summed E-state index contributed by atoms with van der Waals surface area (Å²) in [5, 5.41) is 0. The smallest absolute Gasteiger partial charge is 0.274 e. The lowest BCUT2D eigenvalue weighted by molar-refractivity contribution is 0.0741. The van der Waals surface area contributed by atoms with E-state index in [1.807, 2.05) is 28.6 Å². The average Bonchev–Trinajstić information content (AvgIpc) is 3.12. The highest BCUT2D eigenvalue weighted by atomic mass is 32.1. The quantitative estimate of drug-likeness (QED) is 0.712. The Morgan fingerprint density at radius 2 is 1.87 bits per heavy atom. The van der Waals surface area contributed by atoms with Crippen molar-refractivity contribution >= 4 is 28.2 Å². The first-order valence-corrected chi connectivity index (χ1v) is 8.29. The van der Waals surface area contributed by atoms with Gasteiger partial charge in [-0.2, -0.15) is 0 Å². The van der Waals surface area contributed by atoms with Crippen LogP contribution in [0.15, 0.2) is 30.9 Å². The van der Waals surface area contributed by atoms with E-state index >= 15 is 0 Å². The van der Waals surface area contributed by atoms with E-state index in [1.165, 1.54) is 4.88 Å². The van der Waals surface area contributed by atoms with Crippen LogP contribution in [0.3, 0.4) is 0 Å². The van der Waals surface area contributed by atoms with Crippen LogP contribution in [0.4, 0.5) is 5.95 Å². The summed E-state index contributed by atoms with van der Waals surface area (Å²) in [7, 11) is 0. The molecular formula is C15H16N6OS. The zero-order valence-electron chi connectivity index (χ0n) is 12.7. The van der Waals surface area contributed by atoms with Crippen molar-refractivity contribution < 1.29 is 4.79 Å². The van der Waals surface area contributed by atoms with Crippen molar-refractivity contribution in [3.05, 3.63) is 41.4 Å². The van der Waals surface area contributed by atoms with Crippen LogP contribution in [0.1, 0.15) is 15.4 Å². The Hall–Kier alpha value is -2.48. The van der Waals surface area contributed by atoms with E-state index in [9.17, 15) is 4.79 Å². The summed E-state index contributed by atoms with van der Waals surface area (Å²) in [4.78, 5) is 31.5. The summed E-state index contributed by atoms with van der Waals surface area (Å²) < 4.78 is 1.92. The summed E-state index contributed by atoms with van der Waals surface area (Å²) in [5.41, 5.74) is 0.515. The first-order chi connectivity index (χ1) is 11.2. The van der Waals surface area contributed by atoms with Crippen LogP contribution in [-0.4, -0.2) is 56.3 Å². The highest BCUT2D eigenvalue weighted by molar-refractivity contribution is 7.17. The standard InChI is InChI=1S/C15H16N6OS/c1-11-9-21-10-12(18-15(21)23-11)13(22)19-5-7-20(8-6-19)14-16-3-2-4-17-14/h2-4,9-10H,5-8H2,1H3. The summed E-state index contributed by atoms with van der Waals surface area (Å²) in [5.74, 6) is 0.713. The SMILES string of the molecule is Cc1cn2cc(C(=O)N3CCN(c4ncccn4)CC3)nc2s1. The number of aryl methyl sites for hydroxylation is 1. The normalized spacial score (nSPS) is 15.3. The molecule has 0 atom stereocenters. The largest absolute Gasteiger partial charge is 0.337 e. The van der Waals surface area contributed by atoms with Gasteiger partial charge in [-0.15, -0.1) is 11.3 Å². The lowest BCUT2D eigenvalue weighted by Gasteiger charge is -2.34. The summed E-state index contributed by atoms with van der Waals surface area (Å²) >= 11 is 1.59. The van der Waals surface area contributed by atoms with Gasteiger partial charge in [0.2, 0.25) is 5.95 Å². The second-order valence-electron chi connectivity index (χ2n) is 5.49. The number of anilines is 1. The molecule has 1 amide bonds. The summed E-state index contributed by atoms with van der Waals surface area (Å²) in [6.45, 7) is 4.81. The second kappa shape index (κ2) is 5.62. The molecule has 3 aromatic rings. The van der Waals surface area contributed by atoms with E-state index in [-0.39, 0.29) is 5.91 Å². The van der Waals surface area contributed by atoms with Crippen LogP contribution in [0, 0.1) is 6.92 Å². The van der Waals surface area contributed by atoms with Crippen LogP contribution in [0.25, 0.3) is 4.96 Å². The van der Waals surface area contributed by atoms with E-state index in [1.54, 1.807) is 29.8 Å². The Kier molecular flexibility index (Phi) is 3.45. The van der Waals surface area contributed by atoms with Crippen LogP contribution in [0.2, 0.25) is 0 Å². The maximum Gasteiger partial charge on any atom is 0.274 e. The molecule has 23 heavy (non-hydrogen) atoms. The van der Waals surface area contributed by atoms with Gasteiger partial charge in [0.1, 0.15) is 5.69 Å². The maximum atomic E-state index is 12.6. The van der Waals surface area contributed by atoms with E-state index in [0.717, 1.165) is 24.0 Å². The van der Waals surface area contributed by atoms with Crippen molar-refractivity contribution in [2.75, 3.05) is 31.1 Å². The topological polar surface area (TPSA) is 66.6 Å². The second-order valence-corrected chi connectivity index (χ2v) is 6.70. The Morgan fingerprint density at radius 3 is 2.57 bits per heavy atom. The fourth-order valence-corrected chi connectivity index (χ4v) is 3.55. The van der Waals surface area contributed by atoms with Crippen molar-refractivity contribution in [2.24, 2.45) is 0 Å². The van der Waals surface area contributed by atoms with Gasteiger partial charge in [0, 0.05) is 55.8 Å². The summed E-state index contributed by atoms with van der Waals surface area (Å²) in [6.07, 6.45) is 7.28. The minimum atomic E-state index is -0.00724. The Morgan fingerprint density at radius 1 is 1.13 bits per heavy atom. The number of thiazole rings is 1. The molecule has 118 valence electrons. The van der Waals surface area contributed by atoms with Gasteiger partial charge in [-0.1, -0.05) is 0 Å². The molecule has 1 aliphatic heterocycles. The van der Waals surface area contributed by atoms with Gasteiger partial charge in [-0.3, -0.25) is 9.20 Å². The van der Waals surface area contributed by atoms with Gasteiger partial charge in [0.15, 0.2) is 4.96 Å². The zero-order chi connectivity index (χ0) is 15.8. The molecule has 1 aliphatic rings. The molecule has 0 aliphatic carbocycles. The number of carbonyl (C=O) groups excluding carboxylic acids is 1. The molecule has 3 aromatic heterocycles. The van der Waals surface area contributed by atoms with Crippen molar-refractivity contribution in [3.8, 4) is 0 Å². The molecule has 1 fully saturated rings. The Balaban J connectivity index is 1.45. The van der Waals surface area contributed by atoms with Gasteiger partial charge in [0.25, 0.3) is 5.91 Å². The van der Waals surface area contributed by atoms with Crippen LogP contribution >= 0.6 is 11.3 Å². The molecular weight excluding hydrogens is 312 g/mol. The molecule has 4 rings (SSSR count). The van der Waals surface area contributed by atoms with Crippen LogP contribution < -0.4 is 4.90 Å². The van der Waals surface area contributed by atoms with Crippen molar-refractivity contribution in [3.63, 3.8) is 0 Å². The highest BCUT2D eigenvalue weighted by Gasteiger charge is 2.25. The number of fused-ring (bicyclic) bond motifs is 1. The molecule has 0 spiro atoms. The lowest BCUT2D eigenvalue weighted by Crippen LogP contribution is -2.49. The average molecular weight is 328 g/mol. The number of carbonyl (C=O) groups is 1. The first kappa shape index (κ1) is 14.1. The molecule has 0 saturated carbocycles. The van der Waals surface area contributed by atoms with Gasteiger partial charge >= 0.3 is 0 Å². The summed E-state index contributed by atoms with van der Waals surface area (Å²) in [6, 6.07) is 1.80. The Bertz CT molecular complexity index is 803. The fourth-order valence-electron chi connectivity index (χ4n) is 2.74. The number of rotatable bonds is 2. The molecule has 0 N–H and O–H groups in total. The zero-order valence-corrected chi connectivity index (χ0v) is 13.5. The van der Waals surface area contributed by atoms with Crippen molar-refractivity contribution in [1.82, 2.24) is 24.3 Å². The first-order valence-electron chi connectivity index (χ1n) is 7.47. The molecule has 0 bridgehead atoms. The number of hydrogen-bond acceptors (Lipinski definition) is 6. The predicted molar refractivity (Wildman–Crippen MR) is 88.0 cm³/mol. The maximum absolute atomic E-state index is 12.6. The third-order valence-corrected chi connectivity index (χ3v) is 4.80. The number of hydrogen-bond donors (Lipinski definition) is 0. The highest BCUT2D eigenvalue weighted by Crippen LogP contribution is 2.18. The third kappa shape index (κ3) is 2.65. The number of amides is 1. The molecule has 0 radical (unpaired) electrons. The van der Waals surface area contributed by atoms with Crippen molar-refractivity contribution in [2.45, 2.75) is 6.92 Å². The van der Waals surface area contributed by atoms with Gasteiger partial charge in [-0.25, -0.2) is 15.0 Å². The third-order valence-electron chi connectivity index (χ3n) is 3.89. The molecule has 0 aromatic carbocycles. The minimum Gasteiger partial charge on any atom is -0.337 e. The number of nitrogens with zero attached hydrogens (tertiary/aromatic N) is 6. The van der Waals surface area contributed by atoms with Gasteiger partial charge in [-0.05, 0) is 13.0 Å². The molecule has 7 nitrogen and oxygen atoms in total. The molecule has 4 heterocycles. The number of imidazole rings is 1. The van der Waals surface area contributed by atoms with Crippen LogP contribution in [-0.2, 0) is 0 Å². The number of aromatic nitrogens is 4. The van der Waals surface area contributed by atoms with E-state index in [2.05, 4.69) is 19.9 Å². The molecule has 8 heteroatoms.